The van der Waals surface area contributed by atoms with Crippen molar-refractivity contribution in [3.63, 3.8) is 0 Å². The van der Waals surface area contributed by atoms with Gasteiger partial charge in [-0.3, -0.25) is 4.79 Å². The van der Waals surface area contributed by atoms with E-state index in [0.29, 0.717) is 22.6 Å². The number of amides is 1. The molecule has 3 N–H and O–H groups in total. The van der Waals surface area contributed by atoms with Crippen molar-refractivity contribution >= 4 is 29.2 Å². The van der Waals surface area contributed by atoms with Gasteiger partial charge in [-0.1, -0.05) is 67.6 Å². The SMILES string of the molecule is CCc1ccc(-c2c(C#N)c(N)nc(SC(CC)C(=O)Nc3ccc(C)cc3C)c2C#N)cc1. The Labute approximate surface area is 204 Å². The molecule has 3 rings (SSSR count). The lowest BCUT2D eigenvalue weighted by Crippen LogP contribution is -2.25. The first-order valence-corrected chi connectivity index (χ1v) is 12.0. The fraction of sp³-hybridized carbons (Fsp3) is 0.259. The van der Waals surface area contributed by atoms with Crippen molar-refractivity contribution < 1.29 is 4.79 Å². The van der Waals surface area contributed by atoms with E-state index in [1.54, 1.807) is 0 Å². The standard InChI is InChI=1S/C27H27N5OS/c1-5-18-8-10-19(11-9-18)24-20(14-28)25(30)32-27(21(24)15-29)34-23(6-2)26(33)31-22-12-7-16(3)13-17(22)4/h7-13,23H,5-6H2,1-4H3,(H2,30,32)(H,31,33). The Hall–Kier alpha value is -3.81. The molecule has 0 radical (unpaired) electrons. The Morgan fingerprint density at radius 1 is 1.09 bits per heavy atom. The smallest absolute Gasteiger partial charge is 0.237 e. The number of anilines is 2. The Balaban J connectivity index is 2.01. The van der Waals surface area contributed by atoms with Crippen molar-refractivity contribution in [3.05, 3.63) is 70.3 Å². The lowest BCUT2D eigenvalue weighted by molar-refractivity contribution is -0.115. The van der Waals surface area contributed by atoms with Gasteiger partial charge in [0.1, 0.15) is 28.5 Å². The minimum Gasteiger partial charge on any atom is -0.383 e. The largest absolute Gasteiger partial charge is 0.383 e. The number of nitrogens with zero attached hydrogens (tertiary/aromatic N) is 3. The van der Waals surface area contributed by atoms with Crippen molar-refractivity contribution in [3.8, 4) is 23.3 Å². The number of aromatic nitrogens is 1. The first kappa shape index (κ1) is 24.8. The van der Waals surface area contributed by atoms with E-state index >= 15 is 0 Å². The first-order valence-electron chi connectivity index (χ1n) is 11.1. The van der Waals surface area contributed by atoms with Crippen molar-refractivity contribution in [1.29, 1.82) is 10.5 Å². The summed E-state index contributed by atoms with van der Waals surface area (Å²) in [5.74, 6) is -0.134. The molecule has 34 heavy (non-hydrogen) atoms. The van der Waals surface area contributed by atoms with Crippen molar-refractivity contribution in [2.24, 2.45) is 0 Å². The van der Waals surface area contributed by atoms with E-state index in [2.05, 4.69) is 29.4 Å². The maximum absolute atomic E-state index is 13.1. The normalized spacial score (nSPS) is 11.4. The van der Waals surface area contributed by atoms with Crippen LogP contribution in [0.1, 0.15) is 48.1 Å². The van der Waals surface area contributed by atoms with Crippen LogP contribution in [0.25, 0.3) is 11.1 Å². The molecule has 0 bridgehead atoms. The molecular weight excluding hydrogens is 442 g/mol. The van der Waals surface area contributed by atoms with Crippen LogP contribution in [0, 0.1) is 36.5 Å². The number of rotatable bonds is 7. The lowest BCUT2D eigenvalue weighted by atomic mass is 9.96. The zero-order chi connectivity index (χ0) is 24.8. The molecule has 0 saturated heterocycles. The third-order valence-electron chi connectivity index (χ3n) is 5.62. The van der Waals surface area contributed by atoms with Gasteiger partial charge in [-0.2, -0.15) is 10.5 Å². The number of nitrogen functional groups attached to an aromatic ring is 1. The maximum atomic E-state index is 13.1. The van der Waals surface area contributed by atoms with Gasteiger partial charge < -0.3 is 11.1 Å². The number of nitrogens with two attached hydrogens (primary N) is 1. The summed E-state index contributed by atoms with van der Waals surface area (Å²) in [7, 11) is 0. The second kappa shape index (κ2) is 10.9. The number of carbonyl (C=O) groups excluding carboxylic acids is 1. The molecule has 1 unspecified atom stereocenters. The number of carbonyl (C=O) groups is 1. The Morgan fingerprint density at radius 3 is 2.32 bits per heavy atom. The van der Waals surface area contributed by atoms with Crippen LogP contribution in [0.15, 0.2) is 47.5 Å². The highest BCUT2D eigenvalue weighted by Gasteiger charge is 2.25. The molecule has 0 aliphatic heterocycles. The molecule has 6 nitrogen and oxygen atoms in total. The van der Waals surface area contributed by atoms with Crippen LogP contribution in [-0.4, -0.2) is 16.1 Å². The molecule has 1 atom stereocenters. The van der Waals surface area contributed by atoms with Crippen LogP contribution >= 0.6 is 11.8 Å². The monoisotopic (exact) mass is 469 g/mol. The van der Waals surface area contributed by atoms with Gasteiger partial charge in [0.25, 0.3) is 0 Å². The topological polar surface area (TPSA) is 116 Å². The van der Waals surface area contributed by atoms with Gasteiger partial charge >= 0.3 is 0 Å². The average molecular weight is 470 g/mol. The summed E-state index contributed by atoms with van der Waals surface area (Å²) in [5, 5.41) is 22.6. The molecule has 0 spiro atoms. The predicted octanol–water partition coefficient (Wildman–Crippen LogP) is 5.76. The third kappa shape index (κ3) is 5.22. The number of nitrogens with one attached hydrogen (secondary N) is 1. The summed E-state index contributed by atoms with van der Waals surface area (Å²) >= 11 is 1.19. The number of benzene rings is 2. The second-order valence-electron chi connectivity index (χ2n) is 8.02. The molecule has 0 fully saturated rings. The number of thioether (sulfide) groups is 1. The van der Waals surface area contributed by atoms with Gasteiger partial charge in [-0.05, 0) is 49.4 Å². The average Bonchev–Trinajstić information content (AvgIpc) is 2.83. The van der Waals surface area contributed by atoms with Crippen LogP contribution in [0.2, 0.25) is 0 Å². The number of hydrogen-bond acceptors (Lipinski definition) is 6. The molecule has 172 valence electrons. The van der Waals surface area contributed by atoms with Crippen LogP contribution in [0.5, 0.6) is 0 Å². The van der Waals surface area contributed by atoms with E-state index in [1.807, 2.05) is 63.2 Å². The summed E-state index contributed by atoms with van der Waals surface area (Å²) in [6.07, 6.45) is 1.40. The van der Waals surface area contributed by atoms with Gasteiger partial charge in [-0.15, -0.1) is 0 Å². The summed E-state index contributed by atoms with van der Waals surface area (Å²) in [6.45, 7) is 7.91. The van der Waals surface area contributed by atoms with E-state index in [0.717, 1.165) is 28.8 Å². The Bertz CT molecular complexity index is 1300. The molecule has 0 aliphatic rings. The van der Waals surface area contributed by atoms with Crippen molar-refractivity contribution in [1.82, 2.24) is 4.98 Å². The summed E-state index contributed by atoms with van der Waals surface area (Å²) in [4.78, 5) is 17.4. The Kier molecular flexibility index (Phi) is 7.94. The number of aryl methyl sites for hydroxylation is 3. The predicted molar refractivity (Wildman–Crippen MR) is 137 cm³/mol. The van der Waals surface area contributed by atoms with E-state index in [4.69, 9.17) is 5.73 Å². The van der Waals surface area contributed by atoms with Gasteiger partial charge in [0, 0.05) is 11.3 Å². The van der Waals surface area contributed by atoms with Gasteiger partial charge in [0.2, 0.25) is 5.91 Å². The zero-order valence-electron chi connectivity index (χ0n) is 19.8. The molecule has 1 heterocycles. The van der Waals surface area contributed by atoms with Crippen LogP contribution in [0.4, 0.5) is 11.5 Å². The quantitative estimate of drug-likeness (QED) is 0.425. The van der Waals surface area contributed by atoms with Crippen molar-refractivity contribution in [2.45, 2.75) is 50.8 Å². The molecule has 1 aromatic heterocycles. The lowest BCUT2D eigenvalue weighted by Gasteiger charge is -2.18. The molecule has 7 heteroatoms. The summed E-state index contributed by atoms with van der Waals surface area (Å²) in [6, 6.07) is 17.8. The van der Waals surface area contributed by atoms with Gasteiger partial charge in [0.15, 0.2) is 0 Å². The summed E-state index contributed by atoms with van der Waals surface area (Å²) < 4.78 is 0. The number of hydrogen-bond donors (Lipinski definition) is 2. The van der Waals surface area contributed by atoms with E-state index in [9.17, 15) is 15.3 Å². The minimum absolute atomic E-state index is 0.0446. The van der Waals surface area contributed by atoms with E-state index in [-0.39, 0.29) is 22.9 Å². The molecular formula is C27H27N5OS. The number of nitriles is 2. The van der Waals surface area contributed by atoms with Crippen LogP contribution < -0.4 is 11.1 Å². The van der Waals surface area contributed by atoms with E-state index < -0.39 is 5.25 Å². The highest BCUT2D eigenvalue weighted by molar-refractivity contribution is 8.00. The number of pyridine rings is 1. The van der Waals surface area contributed by atoms with Crippen LogP contribution in [0.3, 0.4) is 0 Å². The molecule has 0 saturated carbocycles. The minimum atomic E-state index is -0.497. The van der Waals surface area contributed by atoms with Crippen LogP contribution in [-0.2, 0) is 11.2 Å². The second-order valence-corrected chi connectivity index (χ2v) is 9.22. The fourth-order valence-corrected chi connectivity index (χ4v) is 4.72. The summed E-state index contributed by atoms with van der Waals surface area (Å²) in [5.41, 5.74) is 11.7. The van der Waals surface area contributed by atoms with Crippen molar-refractivity contribution in [2.75, 3.05) is 11.1 Å². The van der Waals surface area contributed by atoms with Gasteiger partial charge in [-0.25, -0.2) is 4.98 Å². The zero-order valence-corrected chi connectivity index (χ0v) is 20.6. The molecule has 1 amide bonds. The van der Waals surface area contributed by atoms with Gasteiger partial charge in [0.05, 0.1) is 10.8 Å². The first-order chi connectivity index (χ1) is 16.3. The fourth-order valence-electron chi connectivity index (χ4n) is 3.70. The van der Waals surface area contributed by atoms with E-state index in [1.165, 1.54) is 11.8 Å². The molecule has 0 aliphatic carbocycles. The maximum Gasteiger partial charge on any atom is 0.237 e. The highest BCUT2D eigenvalue weighted by atomic mass is 32.2. The molecule has 3 aromatic rings. The Morgan fingerprint density at radius 2 is 1.76 bits per heavy atom. The highest BCUT2D eigenvalue weighted by Crippen LogP contribution is 2.38. The third-order valence-corrected chi connectivity index (χ3v) is 6.97. The molecule has 2 aromatic carbocycles.